The van der Waals surface area contributed by atoms with Crippen molar-refractivity contribution in [2.75, 3.05) is 40.3 Å². The SMILES string of the molecule is CN(C)C(=O)CN=C(NCC1CCCCC1)N1CCCCC1. The van der Waals surface area contributed by atoms with E-state index >= 15 is 0 Å². The molecule has 0 radical (unpaired) electrons. The molecule has 1 aliphatic heterocycles. The van der Waals surface area contributed by atoms with Gasteiger partial charge in [0.25, 0.3) is 0 Å². The molecular formula is C17H32N4O. The van der Waals surface area contributed by atoms with Crippen LogP contribution in [0, 0.1) is 5.92 Å². The van der Waals surface area contributed by atoms with E-state index in [1.165, 1.54) is 51.4 Å². The number of hydrogen-bond acceptors (Lipinski definition) is 2. The second kappa shape index (κ2) is 9.01. The van der Waals surface area contributed by atoms with E-state index in [1.54, 1.807) is 19.0 Å². The van der Waals surface area contributed by atoms with Gasteiger partial charge in [-0.25, -0.2) is 4.99 Å². The lowest BCUT2D eigenvalue weighted by molar-refractivity contribution is -0.127. The average molecular weight is 308 g/mol. The summed E-state index contributed by atoms with van der Waals surface area (Å²) in [5, 5.41) is 3.56. The van der Waals surface area contributed by atoms with Crippen LogP contribution < -0.4 is 5.32 Å². The average Bonchev–Trinajstić information content (AvgIpc) is 2.56. The Balaban J connectivity index is 1.90. The minimum absolute atomic E-state index is 0.0639. The quantitative estimate of drug-likeness (QED) is 0.639. The maximum atomic E-state index is 11.8. The Morgan fingerprint density at radius 1 is 1.09 bits per heavy atom. The summed E-state index contributed by atoms with van der Waals surface area (Å²) < 4.78 is 0. The van der Waals surface area contributed by atoms with Crippen molar-refractivity contribution in [1.29, 1.82) is 0 Å². The van der Waals surface area contributed by atoms with E-state index in [-0.39, 0.29) is 12.5 Å². The van der Waals surface area contributed by atoms with Gasteiger partial charge in [-0.05, 0) is 38.0 Å². The summed E-state index contributed by atoms with van der Waals surface area (Å²) in [4.78, 5) is 20.3. The zero-order chi connectivity index (χ0) is 15.8. The molecule has 22 heavy (non-hydrogen) atoms. The highest BCUT2D eigenvalue weighted by molar-refractivity contribution is 5.84. The van der Waals surface area contributed by atoms with Crippen LogP contribution in [0.15, 0.2) is 4.99 Å². The number of likely N-dealkylation sites (tertiary alicyclic amines) is 1. The highest BCUT2D eigenvalue weighted by Crippen LogP contribution is 2.22. The molecule has 0 aromatic carbocycles. The third-order valence-electron chi connectivity index (χ3n) is 4.79. The predicted octanol–water partition coefficient (Wildman–Crippen LogP) is 2.09. The number of likely N-dealkylation sites (N-methyl/N-ethyl adjacent to an activating group) is 1. The van der Waals surface area contributed by atoms with Crippen LogP contribution in [0.3, 0.4) is 0 Å². The normalized spacial score (nSPS) is 20.8. The molecule has 0 spiro atoms. The Kier molecular flexibility index (Phi) is 7.00. The first kappa shape index (κ1) is 17.1. The summed E-state index contributed by atoms with van der Waals surface area (Å²) in [5.74, 6) is 1.78. The molecule has 1 N–H and O–H groups in total. The first-order valence-electron chi connectivity index (χ1n) is 8.90. The minimum atomic E-state index is 0.0639. The van der Waals surface area contributed by atoms with Gasteiger partial charge >= 0.3 is 0 Å². The molecule has 5 heteroatoms. The van der Waals surface area contributed by atoms with E-state index in [4.69, 9.17) is 0 Å². The van der Waals surface area contributed by atoms with Crippen LogP contribution in [0.5, 0.6) is 0 Å². The van der Waals surface area contributed by atoms with Crippen LogP contribution in [0.4, 0.5) is 0 Å². The lowest BCUT2D eigenvalue weighted by Gasteiger charge is -2.32. The van der Waals surface area contributed by atoms with E-state index in [0.29, 0.717) is 0 Å². The molecule has 2 aliphatic rings. The topological polar surface area (TPSA) is 47.9 Å². The van der Waals surface area contributed by atoms with Crippen molar-refractivity contribution in [2.45, 2.75) is 51.4 Å². The molecule has 0 aromatic heterocycles. The van der Waals surface area contributed by atoms with E-state index < -0.39 is 0 Å². The summed E-state index contributed by atoms with van der Waals surface area (Å²) in [6, 6.07) is 0. The summed E-state index contributed by atoms with van der Waals surface area (Å²) in [6.45, 7) is 3.38. The van der Waals surface area contributed by atoms with Gasteiger partial charge in [0.2, 0.25) is 5.91 Å². The molecule has 126 valence electrons. The molecule has 0 bridgehead atoms. The third kappa shape index (κ3) is 5.50. The number of guanidine groups is 1. The second-order valence-corrected chi connectivity index (χ2v) is 6.86. The number of hydrogen-bond donors (Lipinski definition) is 1. The lowest BCUT2D eigenvalue weighted by atomic mass is 9.89. The fourth-order valence-electron chi connectivity index (χ4n) is 3.28. The van der Waals surface area contributed by atoms with Gasteiger partial charge in [0.1, 0.15) is 6.54 Å². The number of piperidine rings is 1. The monoisotopic (exact) mass is 308 g/mol. The maximum Gasteiger partial charge on any atom is 0.243 e. The maximum absolute atomic E-state index is 11.8. The van der Waals surface area contributed by atoms with Gasteiger partial charge in [-0.15, -0.1) is 0 Å². The van der Waals surface area contributed by atoms with Crippen molar-refractivity contribution in [1.82, 2.24) is 15.1 Å². The molecule has 1 heterocycles. The van der Waals surface area contributed by atoms with E-state index in [9.17, 15) is 4.79 Å². The summed E-state index contributed by atoms with van der Waals surface area (Å²) in [7, 11) is 3.57. The van der Waals surface area contributed by atoms with E-state index in [0.717, 1.165) is 31.5 Å². The van der Waals surface area contributed by atoms with Gasteiger partial charge in [0, 0.05) is 33.7 Å². The van der Waals surface area contributed by atoms with Crippen molar-refractivity contribution >= 4 is 11.9 Å². The number of carbonyl (C=O) groups is 1. The number of aliphatic imine (C=N–C) groups is 1. The highest BCUT2D eigenvalue weighted by Gasteiger charge is 2.18. The standard InChI is InChI=1S/C17H32N4O/c1-20(2)16(22)14-19-17(21-11-7-4-8-12-21)18-13-15-9-5-3-6-10-15/h15H,3-14H2,1-2H3,(H,18,19). The molecular weight excluding hydrogens is 276 g/mol. The van der Waals surface area contributed by atoms with Crippen LogP contribution in [-0.4, -0.2) is 61.9 Å². The fraction of sp³-hybridized carbons (Fsp3) is 0.882. The number of carbonyl (C=O) groups excluding carboxylic acids is 1. The van der Waals surface area contributed by atoms with Crippen molar-refractivity contribution < 1.29 is 4.79 Å². The van der Waals surface area contributed by atoms with Crippen molar-refractivity contribution in [3.63, 3.8) is 0 Å². The molecule has 0 unspecified atom stereocenters. The number of rotatable bonds is 4. The van der Waals surface area contributed by atoms with Crippen molar-refractivity contribution in [3.05, 3.63) is 0 Å². The molecule has 2 fully saturated rings. The van der Waals surface area contributed by atoms with Crippen LogP contribution in [-0.2, 0) is 4.79 Å². The fourth-order valence-corrected chi connectivity index (χ4v) is 3.28. The smallest absolute Gasteiger partial charge is 0.243 e. The van der Waals surface area contributed by atoms with Crippen molar-refractivity contribution in [2.24, 2.45) is 10.9 Å². The van der Waals surface area contributed by atoms with Gasteiger partial charge in [0.05, 0.1) is 0 Å². The predicted molar refractivity (Wildman–Crippen MR) is 91.0 cm³/mol. The van der Waals surface area contributed by atoms with Crippen molar-refractivity contribution in [3.8, 4) is 0 Å². The Morgan fingerprint density at radius 3 is 2.36 bits per heavy atom. The van der Waals surface area contributed by atoms with E-state index in [1.807, 2.05) is 0 Å². The molecule has 1 saturated heterocycles. The molecule has 1 aliphatic carbocycles. The van der Waals surface area contributed by atoms with Crippen LogP contribution in [0.25, 0.3) is 0 Å². The molecule has 0 aromatic rings. The Labute approximate surface area is 135 Å². The highest BCUT2D eigenvalue weighted by atomic mass is 16.2. The van der Waals surface area contributed by atoms with Crippen LogP contribution in [0.2, 0.25) is 0 Å². The Hall–Kier alpha value is -1.26. The first-order valence-corrected chi connectivity index (χ1v) is 8.90. The van der Waals surface area contributed by atoms with Gasteiger partial charge in [-0.2, -0.15) is 0 Å². The van der Waals surface area contributed by atoms with Crippen LogP contribution >= 0.6 is 0 Å². The van der Waals surface area contributed by atoms with Crippen LogP contribution in [0.1, 0.15) is 51.4 Å². The second-order valence-electron chi connectivity index (χ2n) is 6.86. The zero-order valence-corrected chi connectivity index (χ0v) is 14.3. The Bertz CT molecular complexity index is 369. The molecule has 2 rings (SSSR count). The third-order valence-corrected chi connectivity index (χ3v) is 4.79. The zero-order valence-electron chi connectivity index (χ0n) is 14.3. The molecule has 0 atom stereocenters. The van der Waals surface area contributed by atoms with E-state index in [2.05, 4.69) is 15.2 Å². The largest absolute Gasteiger partial charge is 0.356 e. The lowest BCUT2D eigenvalue weighted by Crippen LogP contribution is -2.46. The van der Waals surface area contributed by atoms with Gasteiger partial charge in [-0.3, -0.25) is 4.79 Å². The summed E-state index contributed by atoms with van der Waals surface area (Å²) in [6.07, 6.45) is 10.5. The first-order chi connectivity index (χ1) is 10.7. The summed E-state index contributed by atoms with van der Waals surface area (Å²) in [5.41, 5.74) is 0. The molecule has 1 saturated carbocycles. The number of nitrogens with one attached hydrogen (secondary N) is 1. The summed E-state index contributed by atoms with van der Waals surface area (Å²) >= 11 is 0. The minimum Gasteiger partial charge on any atom is -0.356 e. The molecule has 5 nitrogen and oxygen atoms in total. The van der Waals surface area contributed by atoms with Gasteiger partial charge < -0.3 is 15.1 Å². The Morgan fingerprint density at radius 2 is 1.73 bits per heavy atom. The van der Waals surface area contributed by atoms with Gasteiger partial charge in [0.15, 0.2) is 5.96 Å². The number of nitrogens with zero attached hydrogens (tertiary/aromatic N) is 3. The number of amides is 1. The van der Waals surface area contributed by atoms with Gasteiger partial charge in [-0.1, -0.05) is 19.3 Å². The molecule has 1 amide bonds.